The molecular formula is C13H12N4O. The summed E-state index contributed by atoms with van der Waals surface area (Å²) in [5, 5.41) is 0. The average Bonchev–Trinajstić information content (AvgIpc) is 2.68. The highest BCUT2D eigenvalue weighted by molar-refractivity contribution is 5.73. The van der Waals surface area contributed by atoms with E-state index in [2.05, 4.69) is 15.0 Å². The van der Waals surface area contributed by atoms with E-state index in [0.717, 1.165) is 17.1 Å². The van der Waals surface area contributed by atoms with Gasteiger partial charge in [-0.1, -0.05) is 18.2 Å². The van der Waals surface area contributed by atoms with Gasteiger partial charge in [0.05, 0.1) is 12.0 Å². The molecule has 2 heterocycles. The van der Waals surface area contributed by atoms with Gasteiger partial charge in [0.1, 0.15) is 5.82 Å². The van der Waals surface area contributed by atoms with Gasteiger partial charge in [0.15, 0.2) is 11.2 Å². The summed E-state index contributed by atoms with van der Waals surface area (Å²) in [5.74, 6) is 0.753. The number of nitrogens with zero attached hydrogens (tertiary/aromatic N) is 3. The fourth-order valence-electron chi connectivity index (χ4n) is 2.14. The number of fused-ring (bicyclic) bond motifs is 1. The zero-order valence-corrected chi connectivity index (χ0v) is 10.1. The third-order valence-corrected chi connectivity index (χ3v) is 2.98. The normalized spacial score (nSPS) is 11.0. The highest BCUT2D eigenvalue weighted by Gasteiger charge is 2.14. The van der Waals surface area contributed by atoms with Crippen LogP contribution in [0.4, 0.5) is 0 Å². The van der Waals surface area contributed by atoms with Crippen molar-refractivity contribution in [3.05, 3.63) is 52.3 Å². The van der Waals surface area contributed by atoms with Crippen LogP contribution in [0.1, 0.15) is 11.4 Å². The lowest BCUT2D eigenvalue weighted by atomic mass is 10.2. The van der Waals surface area contributed by atoms with Crippen molar-refractivity contribution in [2.45, 2.75) is 13.8 Å². The first-order chi connectivity index (χ1) is 8.68. The molecule has 0 unspecified atom stereocenters. The van der Waals surface area contributed by atoms with E-state index in [1.807, 2.05) is 42.7 Å². The number of benzene rings is 1. The Balaban J connectivity index is 2.47. The van der Waals surface area contributed by atoms with Crippen molar-refractivity contribution in [1.29, 1.82) is 0 Å². The molecule has 0 aliphatic heterocycles. The standard InChI is InChI=1S/C13H12N4O/c1-8-5-3-4-6-10(8)17-9(2)16-12-11(17)13(18)15-7-14-12/h3-7H,1-2H3,(H,14,15,18). The van der Waals surface area contributed by atoms with Gasteiger partial charge in [0.2, 0.25) is 0 Å². The van der Waals surface area contributed by atoms with E-state index >= 15 is 0 Å². The van der Waals surface area contributed by atoms with E-state index in [9.17, 15) is 4.79 Å². The van der Waals surface area contributed by atoms with Gasteiger partial charge in [-0.3, -0.25) is 9.36 Å². The highest BCUT2D eigenvalue weighted by atomic mass is 16.1. The fourth-order valence-corrected chi connectivity index (χ4v) is 2.14. The van der Waals surface area contributed by atoms with Crippen LogP contribution in [0, 0.1) is 13.8 Å². The SMILES string of the molecule is Cc1ccccc1-n1c(C)nc2nc[nH]c(=O)c21. The summed E-state index contributed by atoms with van der Waals surface area (Å²) in [6, 6.07) is 7.88. The monoisotopic (exact) mass is 240 g/mol. The lowest BCUT2D eigenvalue weighted by Gasteiger charge is -2.08. The molecule has 5 nitrogen and oxygen atoms in total. The van der Waals surface area contributed by atoms with Gasteiger partial charge in [-0.2, -0.15) is 0 Å². The summed E-state index contributed by atoms with van der Waals surface area (Å²) < 4.78 is 1.84. The molecule has 2 aromatic heterocycles. The number of imidazole rings is 1. The first kappa shape index (κ1) is 10.7. The molecule has 0 spiro atoms. The second-order valence-corrected chi connectivity index (χ2v) is 4.18. The van der Waals surface area contributed by atoms with Crippen LogP contribution in [-0.4, -0.2) is 19.5 Å². The van der Waals surface area contributed by atoms with Crippen LogP contribution < -0.4 is 5.56 Å². The van der Waals surface area contributed by atoms with E-state index in [-0.39, 0.29) is 5.56 Å². The van der Waals surface area contributed by atoms with Crippen LogP contribution in [0.2, 0.25) is 0 Å². The molecule has 5 heteroatoms. The summed E-state index contributed by atoms with van der Waals surface area (Å²) in [5.41, 5.74) is 2.83. The van der Waals surface area contributed by atoms with Crippen molar-refractivity contribution in [2.75, 3.05) is 0 Å². The van der Waals surface area contributed by atoms with E-state index in [1.165, 1.54) is 6.33 Å². The Morgan fingerprint density at radius 3 is 2.78 bits per heavy atom. The lowest BCUT2D eigenvalue weighted by molar-refractivity contribution is 0.983. The Morgan fingerprint density at radius 2 is 2.00 bits per heavy atom. The minimum Gasteiger partial charge on any atom is -0.311 e. The molecule has 0 aliphatic carbocycles. The molecule has 0 fully saturated rings. The maximum atomic E-state index is 11.9. The van der Waals surface area contributed by atoms with Gasteiger partial charge in [0.25, 0.3) is 5.56 Å². The van der Waals surface area contributed by atoms with Gasteiger partial charge in [-0.15, -0.1) is 0 Å². The second-order valence-electron chi connectivity index (χ2n) is 4.18. The first-order valence-electron chi connectivity index (χ1n) is 5.67. The van der Waals surface area contributed by atoms with Crippen molar-refractivity contribution in [2.24, 2.45) is 0 Å². The molecule has 0 bridgehead atoms. The smallest absolute Gasteiger partial charge is 0.277 e. The molecule has 0 atom stereocenters. The van der Waals surface area contributed by atoms with Crippen molar-refractivity contribution in [3.8, 4) is 5.69 Å². The molecule has 1 N–H and O–H groups in total. The van der Waals surface area contributed by atoms with E-state index < -0.39 is 0 Å². The summed E-state index contributed by atoms with van der Waals surface area (Å²) in [6.07, 6.45) is 1.37. The molecule has 0 saturated carbocycles. The number of hydrogen-bond acceptors (Lipinski definition) is 3. The number of rotatable bonds is 1. The Hall–Kier alpha value is -2.43. The first-order valence-corrected chi connectivity index (χ1v) is 5.67. The Bertz CT molecular complexity index is 785. The van der Waals surface area contributed by atoms with Gasteiger partial charge >= 0.3 is 0 Å². The molecule has 0 amide bonds. The van der Waals surface area contributed by atoms with Crippen molar-refractivity contribution in [3.63, 3.8) is 0 Å². The van der Waals surface area contributed by atoms with Gasteiger partial charge < -0.3 is 4.98 Å². The van der Waals surface area contributed by atoms with Crippen molar-refractivity contribution < 1.29 is 0 Å². The molecule has 90 valence electrons. The zero-order valence-electron chi connectivity index (χ0n) is 10.1. The number of aromatic nitrogens is 4. The van der Waals surface area contributed by atoms with Crippen molar-refractivity contribution in [1.82, 2.24) is 19.5 Å². The third-order valence-electron chi connectivity index (χ3n) is 2.98. The molecule has 0 saturated heterocycles. The number of aryl methyl sites for hydroxylation is 2. The Morgan fingerprint density at radius 1 is 1.22 bits per heavy atom. The molecule has 0 radical (unpaired) electrons. The molecule has 0 aliphatic rings. The third kappa shape index (κ3) is 1.44. The van der Waals surface area contributed by atoms with E-state index in [0.29, 0.717) is 11.2 Å². The maximum Gasteiger partial charge on any atom is 0.277 e. The predicted octanol–water partition coefficient (Wildman–Crippen LogP) is 1.73. The molecule has 3 aromatic rings. The van der Waals surface area contributed by atoms with Crippen LogP contribution in [0.3, 0.4) is 0 Å². The summed E-state index contributed by atoms with van der Waals surface area (Å²) in [7, 11) is 0. The van der Waals surface area contributed by atoms with Crippen LogP contribution in [0.15, 0.2) is 35.4 Å². The number of H-pyrrole nitrogens is 1. The lowest BCUT2D eigenvalue weighted by Crippen LogP contribution is -2.11. The number of nitrogens with one attached hydrogen (secondary N) is 1. The predicted molar refractivity (Wildman–Crippen MR) is 69.0 cm³/mol. The zero-order chi connectivity index (χ0) is 12.7. The highest BCUT2D eigenvalue weighted by Crippen LogP contribution is 2.19. The van der Waals surface area contributed by atoms with Crippen LogP contribution in [0.25, 0.3) is 16.9 Å². The Labute approximate surface area is 103 Å². The quantitative estimate of drug-likeness (QED) is 0.704. The topological polar surface area (TPSA) is 63.6 Å². The molecule has 1 aromatic carbocycles. The van der Waals surface area contributed by atoms with Gasteiger partial charge in [-0.05, 0) is 25.5 Å². The number of para-hydroxylation sites is 1. The fraction of sp³-hybridized carbons (Fsp3) is 0.154. The minimum absolute atomic E-state index is 0.177. The maximum absolute atomic E-state index is 11.9. The van der Waals surface area contributed by atoms with Crippen LogP contribution in [-0.2, 0) is 0 Å². The van der Waals surface area contributed by atoms with Crippen molar-refractivity contribution >= 4 is 11.2 Å². The summed E-state index contributed by atoms with van der Waals surface area (Å²) in [6.45, 7) is 3.87. The Kier molecular flexibility index (Phi) is 2.26. The van der Waals surface area contributed by atoms with Crippen LogP contribution in [0.5, 0.6) is 0 Å². The molecule has 18 heavy (non-hydrogen) atoms. The van der Waals surface area contributed by atoms with E-state index in [1.54, 1.807) is 0 Å². The van der Waals surface area contributed by atoms with Crippen LogP contribution >= 0.6 is 0 Å². The molecule has 3 rings (SSSR count). The second kappa shape index (κ2) is 3.80. The number of aromatic amines is 1. The number of hydrogen-bond donors (Lipinski definition) is 1. The average molecular weight is 240 g/mol. The summed E-state index contributed by atoms with van der Waals surface area (Å²) in [4.78, 5) is 22.9. The largest absolute Gasteiger partial charge is 0.311 e. The molecular weight excluding hydrogens is 228 g/mol. The van der Waals surface area contributed by atoms with E-state index in [4.69, 9.17) is 0 Å². The minimum atomic E-state index is -0.177. The van der Waals surface area contributed by atoms with Gasteiger partial charge in [-0.25, -0.2) is 9.97 Å². The van der Waals surface area contributed by atoms with Gasteiger partial charge in [0, 0.05) is 0 Å². The summed E-state index contributed by atoms with van der Waals surface area (Å²) >= 11 is 0.